The molecule has 4 rings (SSSR count). The van der Waals surface area contributed by atoms with Crippen LogP contribution in [0.15, 0.2) is 29.6 Å². The Labute approximate surface area is 160 Å². The Bertz CT molecular complexity index is 893. The summed E-state index contributed by atoms with van der Waals surface area (Å²) in [6, 6.07) is 9.25. The van der Waals surface area contributed by atoms with Crippen molar-refractivity contribution in [2.75, 3.05) is 31.5 Å². The van der Waals surface area contributed by atoms with Crippen molar-refractivity contribution in [3.63, 3.8) is 0 Å². The monoisotopic (exact) mass is 390 g/mol. The predicted molar refractivity (Wildman–Crippen MR) is 101 cm³/mol. The second-order valence-electron chi connectivity index (χ2n) is 7.23. The number of carbonyl (C=O) groups excluding carboxylic acids is 1. The van der Waals surface area contributed by atoms with Crippen LogP contribution in [-0.4, -0.2) is 59.9 Å². The number of amides is 1. The van der Waals surface area contributed by atoms with Crippen molar-refractivity contribution in [3.8, 4) is 6.07 Å². The van der Waals surface area contributed by atoms with Crippen LogP contribution in [0.2, 0.25) is 0 Å². The predicted octanol–water partition coefficient (Wildman–Crippen LogP) is 3.15. The number of alkyl halides is 2. The van der Waals surface area contributed by atoms with Gasteiger partial charge in [-0.2, -0.15) is 5.26 Å². The van der Waals surface area contributed by atoms with Gasteiger partial charge in [-0.15, -0.1) is 11.3 Å². The van der Waals surface area contributed by atoms with Gasteiger partial charge in [-0.25, -0.2) is 8.78 Å². The molecule has 2 aromatic rings. The maximum atomic E-state index is 13.5. The molecule has 1 amide bonds. The van der Waals surface area contributed by atoms with E-state index < -0.39 is 24.9 Å². The highest BCUT2D eigenvalue weighted by Crippen LogP contribution is 2.32. The van der Waals surface area contributed by atoms with E-state index in [1.165, 1.54) is 10.1 Å². The Kier molecular flexibility index (Phi) is 4.74. The fourth-order valence-corrected chi connectivity index (χ4v) is 4.72. The fourth-order valence-electron chi connectivity index (χ4n) is 3.91. The number of nitrogens with zero attached hydrogens (tertiary/aromatic N) is 3. The van der Waals surface area contributed by atoms with Crippen LogP contribution in [-0.2, 0) is 4.79 Å². The van der Waals surface area contributed by atoms with Crippen LogP contribution in [0.3, 0.4) is 0 Å². The number of nitriles is 1. The molecule has 27 heavy (non-hydrogen) atoms. The number of hydrogen-bond donors (Lipinski definition) is 1. The van der Waals surface area contributed by atoms with Gasteiger partial charge in [0.2, 0.25) is 5.91 Å². The van der Waals surface area contributed by atoms with Crippen molar-refractivity contribution in [1.29, 1.82) is 5.26 Å². The van der Waals surface area contributed by atoms with E-state index in [0.29, 0.717) is 6.54 Å². The molecule has 3 heterocycles. The van der Waals surface area contributed by atoms with E-state index in [-0.39, 0.29) is 18.5 Å². The average Bonchev–Trinajstić information content (AvgIpc) is 3.33. The molecular formula is C19H20F2N4OS. The first-order valence-corrected chi connectivity index (χ1v) is 9.85. The van der Waals surface area contributed by atoms with Crippen LogP contribution in [0.25, 0.3) is 10.1 Å². The lowest BCUT2D eigenvalue weighted by Crippen LogP contribution is -2.43. The first kappa shape index (κ1) is 18.1. The van der Waals surface area contributed by atoms with Crippen molar-refractivity contribution in [3.05, 3.63) is 29.6 Å². The molecule has 1 aromatic carbocycles. The molecule has 2 aliphatic rings. The van der Waals surface area contributed by atoms with Gasteiger partial charge in [-0.05, 0) is 30.0 Å². The van der Waals surface area contributed by atoms with Crippen molar-refractivity contribution < 1.29 is 13.6 Å². The number of likely N-dealkylation sites (tertiary alicyclic amines) is 2. The lowest BCUT2D eigenvalue weighted by Gasteiger charge is -2.23. The normalized spacial score (nSPS) is 25.0. The Morgan fingerprint density at radius 3 is 3.07 bits per heavy atom. The molecule has 0 unspecified atom stereocenters. The molecule has 0 saturated carbocycles. The van der Waals surface area contributed by atoms with Crippen LogP contribution < -0.4 is 5.32 Å². The van der Waals surface area contributed by atoms with Crippen LogP contribution in [0, 0.1) is 11.3 Å². The number of thiophene rings is 1. The van der Waals surface area contributed by atoms with Gasteiger partial charge in [-0.3, -0.25) is 9.69 Å². The zero-order valence-electron chi connectivity index (χ0n) is 14.7. The third-order valence-corrected chi connectivity index (χ3v) is 6.11. The van der Waals surface area contributed by atoms with Gasteiger partial charge in [0.05, 0.1) is 19.2 Å². The standard InChI is InChI=1S/C19H20F2N4OS/c20-19(21)8-14(9-22)25(12-19)18(26)11-24-6-4-13(10-24)23-16-2-1-3-17-15(16)5-7-27-17/h1-3,5,7,13-14,23H,4,6,8,10-12H2/t13-,14-/m0/s1. The maximum absolute atomic E-state index is 13.5. The zero-order chi connectivity index (χ0) is 19.0. The molecule has 142 valence electrons. The molecule has 2 saturated heterocycles. The summed E-state index contributed by atoms with van der Waals surface area (Å²) < 4.78 is 28.3. The Morgan fingerprint density at radius 1 is 1.41 bits per heavy atom. The zero-order valence-corrected chi connectivity index (χ0v) is 15.5. The van der Waals surface area contributed by atoms with E-state index in [1.54, 1.807) is 11.3 Å². The second kappa shape index (κ2) is 7.06. The van der Waals surface area contributed by atoms with E-state index >= 15 is 0 Å². The molecule has 0 aliphatic carbocycles. The minimum atomic E-state index is -2.97. The SMILES string of the molecule is N#C[C@@H]1CC(F)(F)CN1C(=O)CN1CC[C@H](Nc2cccc3sccc23)C1. The highest BCUT2D eigenvalue weighted by Gasteiger charge is 2.47. The highest BCUT2D eigenvalue weighted by atomic mass is 32.1. The molecule has 2 fully saturated rings. The fraction of sp³-hybridized carbons (Fsp3) is 0.474. The van der Waals surface area contributed by atoms with Crippen molar-refractivity contribution >= 4 is 33.0 Å². The first-order chi connectivity index (χ1) is 12.9. The quantitative estimate of drug-likeness (QED) is 0.871. The molecule has 2 aliphatic heterocycles. The highest BCUT2D eigenvalue weighted by molar-refractivity contribution is 7.17. The van der Waals surface area contributed by atoms with Gasteiger partial charge < -0.3 is 10.2 Å². The molecule has 0 radical (unpaired) electrons. The summed E-state index contributed by atoms with van der Waals surface area (Å²) in [5.41, 5.74) is 1.08. The molecule has 5 nitrogen and oxygen atoms in total. The third kappa shape index (κ3) is 3.75. The van der Waals surface area contributed by atoms with E-state index in [1.807, 2.05) is 23.1 Å². The van der Waals surface area contributed by atoms with Gasteiger partial charge >= 0.3 is 0 Å². The Hall–Kier alpha value is -2.24. The van der Waals surface area contributed by atoms with E-state index in [0.717, 1.165) is 23.6 Å². The van der Waals surface area contributed by atoms with E-state index in [2.05, 4.69) is 22.8 Å². The van der Waals surface area contributed by atoms with Crippen LogP contribution in [0.1, 0.15) is 12.8 Å². The van der Waals surface area contributed by atoms with Gasteiger partial charge in [0.25, 0.3) is 5.92 Å². The van der Waals surface area contributed by atoms with Crippen LogP contribution in [0.4, 0.5) is 14.5 Å². The number of fused-ring (bicyclic) bond motifs is 1. The molecule has 2 atom stereocenters. The van der Waals surface area contributed by atoms with E-state index in [4.69, 9.17) is 5.26 Å². The summed E-state index contributed by atoms with van der Waals surface area (Å²) in [7, 11) is 0. The molecule has 1 aromatic heterocycles. The topological polar surface area (TPSA) is 59.4 Å². The average molecular weight is 390 g/mol. The Balaban J connectivity index is 1.35. The summed E-state index contributed by atoms with van der Waals surface area (Å²) in [6.07, 6.45) is 0.315. The van der Waals surface area contributed by atoms with Gasteiger partial charge in [-0.1, -0.05) is 6.07 Å². The Morgan fingerprint density at radius 2 is 2.26 bits per heavy atom. The molecule has 0 bridgehead atoms. The first-order valence-electron chi connectivity index (χ1n) is 8.97. The number of hydrogen-bond acceptors (Lipinski definition) is 5. The minimum Gasteiger partial charge on any atom is -0.380 e. The summed E-state index contributed by atoms with van der Waals surface area (Å²) in [4.78, 5) is 15.4. The largest absolute Gasteiger partial charge is 0.380 e. The smallest absolute Gasteiger partial charge is 0.268 e. The summed E-state index contributed by atoms with van der Waals surface area (Å²) in [6.45, 7) is 0.826. The van der Waals surface area contributed by atoms with Crippen LogP contribution >= 0.6 is 11.3 Å². The molecular weight excluding hydrogens is 370 g/mol. The lowest BCUT2D eigenvalue weighted by molar-refractivity contribution is -0.133. The second-order valence-corrected chi connectivity index (χ2v) is 8.18. The lowest BCUT2D eigenvalue weighted by atomic mass is 10.2. The number of benzene rings is 1. The van der Waals surface area contributed by atoms with Crippen molar-refractivity contribution in [1.82, 2.24) is 9.80 Å². The molecule has 8 heteroatoms. The van der Waals surface area contributed by atoms with Crippen LogP contribution in [0.5, 0.6) is 0 Å². The summed E-state index contributed by atoms with van der Waals surface area (Å²) in [5, 5.41) is 15.8. The minimum absolute atomic E-state index is 0.0785. The number of nitrogens with one attached hydrogen (secondary N) is 1. The maximum Gasteiger partial charge on any atom is 0.268 e. The number of halogens is 2. The summed E-state index contributed by atoms with van der Waals surface area (Å²) >= 11 is 1.70. The molecule has 1 N–H and O–H groups in total. The van der Waals surface area contributed by atoms with Gasteiger partial charge in [0.1, 0.15) is 6.04 Å². The van der Waals surface area contributed by atoms with E-state index in [9.17, 15) is 13.6 Å². The third-order valence-electron chi connectivity index (χ3n) is 5.23. The number of rotatable bonds is 4. The van der Waals surface area contributed by atoms with Gasteiger partial charge in [0.15, 0.2) is 0 Å². The molecule has 0 spiro atoms. The van der Waals surface area contributed by atoms with Gasteiger partial charge in [0, 0.05) is 41.3 Å². The van der Waals surface area contributed by atoms with Crippen molar-refractivity contribution in [2.24, 2.45) is 0 Å². The summed E-state index contributed by atoms with van der Waals surface area (Å²) in [5.74, 6) is -3.36. The van der Waals surface area contributed by atoms with Crippen molar-refractivity contribution in [2.45, 2.75) is 30.8 Å². The number of carbonyl (C=O) groups is 1. The number of anilines is 1.